The minimum Gasteiger partial charge on any atom is -0.372 e. The van der Waals surface area contributed by atoms with Gasteiger partial charge in [0.15, 0.2) is 0 Å². The van der Waals surface area contributed by atoms with Crippen molar-refractivity contribution in [3.05, 3.63) is 65.8 Å². The van der Waals surface area contributed by atoms with Crippen LogP contribution in [-0.4, -0.2) is 41.0 Å². The van der Waals surface area contributed by atoms with Crippen LogP contribution < -0.4 is 4.90 Å². The molecule has 0 spiro atoms. The molecule has 1 aromatic carbocycles. The van der Waals surface area contributed by atoms with Crippen LogP contribution in [0.25, 0.3) is 0 Å². The maximum atomic E-state index is 4.52. The van der Waals surface area contributed by atoms with E-state index in [0.717, 1.165) is 63.4 Å². The molecule has 0 aliphatic carbocycles. The average molecular weight is 393 g/mol. The lowest BCUT2D eigenvalue weighted by Crippen LogP contribution is -2.46. The smallest absolute Gasteiger partial charge is 0.132 e. The number of allylic oxidation sites excluding steroid dienone is 1. The fourth-order valence-corrected chi connectivity index (χ4v) is 3.91. The molecule has 1 aromatic heterocycles. The predicted octanol–water partition coefficient (Wildman–Crippen LogP) is 5.03. The van der Waals surface area contributed by atoms with Gasteiger partial charge < -0.3 is 9.80 Å². The number of hydrogen-bond donors (Lipinski definition) is 0. The molecule has 1 aliphatic heterocycles. The van der Waals surface area contributed by atoms with E-state index in [0.29, 0.717) is 5.92 Å². The zero-order chi connectivity index (χ0) is 20.6. The van der Waals surface area contributed by atoms with Gasteiger partial charge in [-0.2, -0.15) is 0 Å². The second-order valence-corrected chi connectivity index (χ2v) is 8.68. The van der Waals surface area contributed by atoms with Gasteiger partial charge in [-0.1, -0.05) is 50.3 Å². The highest BCUT2D eigenvalue weighted by atomic mass is 15.3. The normalized spacial score (nSPS) is 14.5. The van der Waals surface area contributed by atoms with Crippen LogP contribution >= 0.6 is 0 Å². The summed E-state index contributed by atoms with van der Waals surface area (Å²) in [5, 5.41) is 0. The van der Waals surface area contributed by atoms with Gasteiger partial charge in [0.1, 0.15) is 12.1 Å². The monoisotopic (exact) mass is 392 g/mol. The topological polar surface area (TPSA) is 32.3 Å². The summed E-state index contributed by atoms with van der Waals surface area (Å²) in [6, 6.07) is 11.0. The highest BCUT2D eigenvalue weighted by Crippen LogP contribution is 2.19. The molecule has 156 valence electrons. The van der Waals surface area contributed by atoms with Crippen LogP contribution in [-0.2, 0) is 12.8 Å². The van der Waals surface area contributed by atoms with Crippen LogP contribution in [0.3, 0.4) is 0 Å². The molecule has 1 aliphatic rings. The number of anilines is 1. The van der Waals surface area contributed by atoms with Crippen LogP contribution in [0.2, 0.25) is 0 Å². The Hall–Kier alpha value is -2.36. The summed E-state index contributed by atoms with van der Waals surface area (Å²) in [5.74, 6) is 1.78. The first-order chi connectivity index (χ1) is 14.0. The molecule has 0 amide bonds. The Morgan fingerprint density at radius 2 is 1.86 bits per heavy atom. The van der Waals surface area contributed by atoms with E-state index in [9.17, 15) is 0 Å². The number of benzene rings is 1. The lowest BCUT2D eigenvalue weighted by atomic mass is 10.0. The molecule has 1 saturated heterocycles. The second kappa shape index (κ2) is 10.4. The minimum atomic E-state index is 0.703. The summed E-state index contributed by atoms with van der Waals surface area (Å²) in [4.78, 5) is 13.8. The Bertz CT molecular complexity index is 791. The first kappa shape index (κ1) is 21.4. The molecule has 29 heavy (non-hydrogen) atoms. The SMILES string of the molecule is C=C(CCCc1cccc(C)c1)N1CCN(c2cc(CCC(C)C)ncn2)CC1. The quantitative estimate of drug-likeness (QED) is 0.599. The summed E-state index contributed by atoms with van der Waals surface area (Å²) in [5.41, 5.74) is 5.21. The van der Waals surface area contributed by atoms with Crippen LogP contribution in [0.15, 0.2) is 48.9 Å². The summed E-state index contributed by atoms with van der Waals surface area (Å²) >= 11 is 0. The van der Waals surface area contributed by atoms with Crippen molar-refractivity contribution in [2.45, 2.75) is 52.9 Å². The maximum Gasteiger partial charge on any atom is 0.132 e. The fourth-order valence-electron chi connectivity index (χ4n) is 3.91. The summed E-state index contributed by atoms with van der Waals surface area (Å²) in [7, 11) is 0. The van der Waals surface area contributed by atoms with Crippen LogP contribution in [0.4, 0.5) is 5.82 Å². The van der Waals surface area contributed by atoms with Crippen molar-refractivity contribution in [1.29, 1.82) is 0 Å². The number of piperazine rings is 1. The van der Waals surface area contributed by atoms with Crippen molar-refractivity contribution < 1.29 is 0 Å². The van der Waals surface area contributed by atoms with E-state index in [1.165, 1.54) is 23.2 Å². The number of aromatic nitrogens is 2. The van der Waals surface area contributed by atoms with Gasteiger partial charge in [-0.25, -0.2) is 9.97 Å². The molecule has 0 N–H and O–H groups in total. The average Bonchev–Trinajstić information content (AvgIpc) is 2.72. The number of rotatable bonds is 9. The number of hydrogen-bond acceptors (Lipinski definition) is 4. The summed E-state index contributed by atoms with van der Waals surface area (Å²) in [6.07, 6.45) is 7.29. The largest absolute Gasteiger partial charge is 0.372 e. The molecule has 0 bridgehead atoms. The maximum absolute atomic E-state index is 4.52. The molecule has 2 heterocycles. The van der Waals surface area contributed by atoms with E-state index in [2.05, 4.69) is 77.4 Å². The molecular formula is C25H36N4. The fraction of sp³-hybridized carbons (Fsp3) is 0.520. The third kappa shape index (κ3) is 6.59. The van der Waals surface area contributed by atoms with Gasteiger partial charge in [-0.05, 0) is 50.5 Å². The Kier molecular flexibility index (Phi) is 7.68. The highest BCUT2D eigenvalue weighted by molar-refractivity contribution is 5.39. The molecule has 0 saturated carbocycles. The zero-order valence-electron chi connectivity index (χ0n) is 18.4. The molecule has 3 rings (SSSR count). The standard InChI is InChI=1S/C25H36N4/c1-20(2)11-12-24-18-25(27-19-26-24)29-15-13-28(14-16-29)22(4)8-6-10-23-9-5-7-21(3)17-23/h5,7,9,17-20H,4,6,8,10-16H2,1-3H3. The van der Waals surface area contributed by atoms with E-state index in [-0.39, 0.29) is 0 Å². The van der Waals surface area contributed by atoms with Crippen molar-refractivity contribution in [3.8, 4) is 0 Å². The van der Waals surface area contributed by atoms with Gasteiger partial charge in [-0.3, -0.25) is 0 Å². The van der Waals surface area contributed by atoms with Gasteiger partial charge in [0.25, 0.3) is 0 Å². The highest BCUT2D eigenvalue weighted by Gasteiger charge is 2.19. The first-order valence-corrected chi connectivity index (χ1v) is 11.1. The molecule has 4 nitrogen and oxygen atoms in total. The molecular weight excluding hydrogens is 356 g/mol. The molecule has 0 atom stereocenters. The lowest BCUT2D eigenvalue weighted by molar-refractivity contribution is 0.310. The van der Waals surface area contributed by atoms with Gasteiger partial charge in [-0.15, -0.1) is 0 Å². The number of aryl methyl sites for hydroxylation is 3. The van der Waals surface area contributed by atoms with Gasteiger partial charge >= 0.3 is 0 Å². The van der Waals surface area contributed by atoms with Gasteiger partial charge in [0.05, 0.1) is 0 Å². The van der Waals surface area contributed by atoms with Crippen molar-refractivity contribution in [2.24, 2.45) is 5.92 Å². The zero-order valence-corrected chi connectivity index (χ0v) is 18.4. The molecule has 4 heteroatoms. The van der Waals surface area contributed by atoms with Crippen molar-refractivity contribution >= 4 is 5.82 Å². The second-order valence-electron chi connectivity index (χ2n) is 8.68. The van der Waals surface area contributed by atoms with Crippen LogP contribution in [0.5, 0.6) is 0 Å². The number of nitrogens with zero attached hydrogens (tertiary/aromatic N) is 4. The third-order valence-electron chi connectivity index (χ3n) is 5.75. The van der Waals surface area contributed by atoms with E-state index in [1.807, 2.05) is 0 Å². The van der Waals surface area contributed by atoms with Gasteiger partial charge in [0.2, 0.25) is 0 Å². The molecule has 0 unspecified atom stereocenters. The molecule has 2 aromatic rings. The van der Waals surface area contributed by atoms with E-state index in [4.69, 9.17) is 0 Å². The minimum absolute atomic E-state index is 0.703. The Labute approximate surface area is 176 Å². The molecule has 1 fully saturated rings. The van der Waals surface area contributed by atoms with Gasteiger partial charge in [0, 0.05) is 43.6 Å². The van der Waals surface area contributed by atoms with Crippen molar-refractivity contribution in [3.63, 3.8) is 0 Å². The Morgan fingerprint density at radius 1 is 1.07 bits per heavy atom. The Morgan fingerprint density at radius 3 is 2.59 bits per heavy atom. The predicted molar refractivity (Wildman–Crippen MR) is 122 cm³/mol. The van der Waals surface area contributed by atoms with E-state index in [1.54, 1.807) is 6.33 Å². The van der Waals surface area contributed by atoms with Crippen molar-refractivity contribution in [2.75, 3.05) is 31.1 Å². The Balaban J connectivity index is 1.44. The van der Waals surface area contributed by atoms with Crippen LogP contribution in [0, 0.1) is 12.8 Å². The first-order valence-electron chi connectivity index (χ1n) is 11.1. The lowest BCUT2D eigenvalue weighted by Gasteiger charge is -2.37. The summed E-state index contributed by atoms with van der Waals surface area (Å²) in [6.45, 7) is 15.1. The van der Waals surface area contributed by atoms with E-state index >= 15 is 0 Å². The van der Waals surface area contributed by atoms with Crippen molar-refractivity contribution in [1.82, 2.24) is 14.9 Å². The third-order valence-corrected chi connectivity index (χ3v) is 5.75. The van der Waals surface area contributed by atoms with Crippen LogP contribution in [0.1, 0.15) is 49.9 Å². The summed E-state index contributed by atoms with van der Waals surface area (Å²) < 4.78 is 0. The molecule has 0 radical (unpaired) electrons. The van der Waals surface area contributed by atoms with E-state index < -0.39 is 0 Å².